The van der Waals surface area contributed by atoms with Crippen molar-refractivity contribution in [1.29, 1.82) is 0 Å². The topological polar surface area (TPSA) is 104 Å². The van der Waals surface area contributed by atoms with E-state index in [4.69, 9.17) is 24.2 Å². The van der Waals surface area contributed by atoms with Crippen molar-refractivity contribution < 1.29 is 19.0 Å². The molecule has 0 bridgehead atoms. The molecule has 0 N–H and O–H groups in total. The van der Waals surface area contributed by atoms with Crippen LogP contribution in [0, 0.1) is 0 Å². The van der Waals surface area contributed by atoms with Gasteiger partial charge in [0.05, 0.1) is 41.2 Å². The van der Waals surface area contributed by atoms with Gasteiger partial charge in [-0.2, -0.15) is 0 Å². The Labute approximate surface area is 239 Å². The summed E-state index contributed by atoms with van der Waals surface area (Å²) in [7, 11) is 2.07. The molecule has 1 aliphatic rings. The Balaban J connectivity index is 1.74. The molecular weight excluding hydrogens is 580 g/mol. The van der Waals surface area contributed by atoms with Gasteiger partial charge in [0.2, 0.25) is 5.88 Å². The highest BCUT2D eigenvalue weighted by molar-refractivity contribution is 9.10. The van der Waals surface area contributed by atoms with Crippen LogP contribution in [0.25, 0.3) is 22.4 Å². The predicted molar refractivity (Wildman–Crippen MR) is 157 cm³/mol. The highest BCUT2D eigenvalue weighted by Gasteiger charge is 2.32. The normalized spacial score (nSPS) is 14.1. The summed E-state index contributed by atoms with van der Waals surface area (Å²) in [5.74, 6) is 1.33. The van der Waals surface area contributed by atoms with Crippen molar-refractivity contribution in [2.24, 2.45) is 0 Å². The fraction of sp³-hybridized carbons (Fsp3) is 0.593. The molecule has 1 fully saturated rings. The van der Waals surface area contributed by atoms with Crippen LogP contribution in [-0.4, -0.2) is 69.9 Å². The van der Waals surface area contributed by atoms with Gasteiger partial charge in [0.25, 0.3) is 0 Å². The van der Waals surface area contributed by atoms with Crippen LogP contribution in [0.4, 0.5) is 4.79 Å². The van der Waals surface area contributed by atoms with Crippen LogP contribution < -0.4 is 4.74 Å². The lowest BCUT2D eigenvalue weighted by Crippen LogP contribution is -2.34. The van der Waals surface area contributed by atoms with Gasteiger partial charge in [-0.15, -0.1) is 0 Å². The summed E-state index contributed by atoms with van der Waals surface area (Å²) >= 11 is 3.78. The van der Waals surface area contributed by atoms with Crippen LogP contribution in [0.1, 0.15) is 50.9 Å². The maximum atomic E-state index is 12.8. The third-order valence-corrected chi connectivity index (χ3v) is 8.92. The summed E-state index contributed by atoms with van der Waals surface area (Å²) in [6.07, 6.45) is 5.07. The minimum absolute atomic E-state index is 0.295. The first kappa shape index (κ1) is 29.4. The molecule has 0 atom stereocenters. The SMILES string of the molecule is COc1ncnc(C2CC2)c1-c1ncc2c(n1)c(Br)c(CN(C)C(=O)OC(C)(C)C)n2COCC[Si](C)(C)C. The largest absolute Gasteiger partial charge is 0.480 e. The number of ether oxygens (including phenoxy) is 3. The Morgan fingerprint density at radius 1 is 1.21 bits per heavy atom. The molecular formula is C27H39BrN6O4Si. The van der Waals surface area contributed by atoms with Gasteiger partial charge in [-0.25, -0.2) is 24.7 Å². The number of hydrogen-bond donors (Lipinski definition) is 0. The minimum atomic E-state index is -1.25. The highest BCUT2D eigenvalue weighted by Crippen LogP contribution is 2.45. The van der Waals surface area contributed by atoms with Gasteiger partial charge in [-0.1, -0.05) is 19.6 Å². The average Bonchev–Trinajstić information content (AvgIpc) is 3.67. The lowest BCUT2D eigenvalue weighted by Gasteiger charge is -2.25. The summed E-state index contributed by atoms with van der Waals surface area (Å²) in [4.78, 5) is 32.9. The van der Waals surface area contributed by atoms with Crippen LogP contribution in [0.2, 0.25) is 25.7 Å². The second-order valence-electron chi connectivity index (χ2n) is 12.2. The lowest BCUT2D eigenvalue weighted by atomic mass is 10.1. The number of hydrogen-bond acceptors (Lipinski definition) is 8. The Morgan fingerprint density at radius 2 is 1.92 bits per heavy atom. The summed E-state index contributed by atoms with van der Waals surface area (Å²) in [6, 6.07) is 1.05. The van der Waals surface area contributed by atoms with Gasteiger partial charge in [0, 0.05) is 27.6 Å². The van der Waals surface area contributed by atoms with Gasteiger partial charge in [-0.05, 0) is 55.6 Å². The number of carbonyl (C=O) groups is 1. The van der Waals surface area contributed by atoms with Crippen molar-refractivity contribution in [3.63, 3.8) is 0 Å². The molecule has 1 saturated carbocycles. The molecule has 3 heterocycles. The molecule has 0 radical (unpaired) electrons. The average molecular weight is 620 g/mol. The molecule has 12 heteroatoms. The molecule has 212 valence electrons. The molecule has 3 aromatic heterocycles. The van der Waals surface area contributed by atoms with Crippen LogP contribution >= 0.6 is 15.9 Å². The van der Waals surface area contributed by atoms with Crippen molar-refractivity contribution >= 4 is 41.1 Å². The second kappa shape index (κ2) is 11.5. The molecule has 0 aromatic carbocycles. The summed E-state index contributed by atoms with van der Waals surface area (Å²) in [6.45, 7) is 13.8. The zero-order valence-electron chi connectivity index (χ0n) is 24.2. The first-order valence-corrected chi connectivity index (χ1v) is 17.7. The van der Waals surface area contributed by atoms with E-state index in [1.807, 2.05) is 25.3 Å². The summed E-state index contributed by atoms with van der Waals surface area (Å²) in [5.41, 5.74) is 3.41. The molecule has 4 rings (SSSR count). The van der Waals surface area contributed by atoms with Gasteiger partial charge in [-0.3, -0.25) is 0 Å². The number of rotatable bonds is 10. The van der Waals surface area contributed by atoms with Gasteiger partial charge in [0.15, 0.2) is 5.82 Å². The molecule has 10 nitrogen and oxygen atoms in total. The lowest BCUT2D eigenvalue weighted by molar-refractivity contribution is 0.0274. The molecule has 0 saturated heterocycles. The van der Waals surface area contributed by atoms with Gasteiger partial charge in [0.1, 0.15) is 29.7 Å². The van der Waals surface area contributed by atoms with E-state index in [2.05, 4.69) is 45.5 Å². The van der Waals surface area contributed by atoms with Crippen molar-refractivity contribution in [2.75, 3.05) is 20.8 Å². The Kier molecular flexibility index (Phi) is 8.67. The fourth-order valence-corrected chi connectivity index (χ4v) is 5.52. The summed E-state index contributed by atoms with van der Waals surface area (Å²) < 4.78 is 20.1. The Bertz CT molecular complexity index is 1350. The summed E-state index contributed by atoms with van der Waals surface area (Å²) in [5, 5.41) is 0. The number of carbonyl (C=O) groups excluding carboxylic acids is 1. The van der Waals surface area contributed by atoms with E-state index < -0.39 is 19.8 Å². The quantitative estimate of drug-likeness (QED) is 0.195. The molecule has 39 heavy (non-hydrogen) atoms. The highest BCUT2D eigenvalue weighted by atomic mass is 79.9. The standard InChI is InChI=1S/C27H39BrN6O4Si/c1-27(2,3)38-26(35)33(4)14-19-21(28)23-18(34(19)16-37-11-12-39(6,7)8)13-29-24(32-23)20-22(17-9-10-17)30-15-31-25(20)36-5/h13,15,17H,9-12,14,16H2,1-8H3. The fourth-order valence-electron chi connectivity index (χ4n) is 4.13. The van der Waals surface area contributed by atoms with E-state index in [1.165, 1.54) is 6.33 Å². The van der Waals surface area contributed by atoms with Crippen LogP contribution in [0.5, 0.6) is 5.88 Å². The molecule has 0 spiro atoms. The predicted octanol–water partition coefficient (Wildman–Crippen LogP) is 6.22. The number of amides is 1. The van der Waals surface area contributed by atoms with Crippen molar-refractivity contribution in [3.8, 4) is 17.3 Å². The number of fused-ring (bicyclic) bond motifs is 1. The van der Waals surface area contributed by atoms with Crippen molar-refractivity contribution in [1.82, 2.24) is 29.4 Å². The maximum absolute atomic E-state index is 12.8. The van der Waals surface area contributed by atoms with Crippen molar-refractivity contribution in [3.05, 3.63) is 28.4 Å². The van der Waals surface area contributed by atoms with E-state index in [0.717, 1.165) is 45.8 Å². The van der Waals surface area contributed by atoms with Crippen LogP contribution in [-0.2, 0) is 22.7 Å². The molecule has 0 aliphatic heterocycles. The van der Waals surface area contributed by atoms with E-state index in [1.54, 1.807) is 25.3 Å². The number of nitrogens with zero attached hydrogens (tertiary/aromatic N) is 6. The van der Waals surface area contributed by atoms with Crippen LogP contribution in [0.3, 0.4) is 0 Å². The first-order chi connectivity index (χ1) is 18.3. The van der Waals surface area contributed by atoms with E-state index >= 15 is 0 Å². The molecule has 1 amide bonds. The zero-order valence-corrected chi connectivity index (χ0v) is 26.8. The Morgan fingerprint density at radius 3 is 2.54 bits per heavy atom. The monoisotopic (exact) mass is 618 g/mol. The minimum Gasteiger partial charge on any atom is -0.480 e. The van der Waals surface area contributed by atoms with Gasteiger partial charge >= 0.3 is 6.09 Å². The van der Waals surface area contributed by atoms with Gasteiger partial charge < -0.3 is 23.7 Å². The first-order valence-electron chi connectivity index (χ1n) is 13.2. The van der Waals surface area contributed by atoms with E-state index in [-0.39, 0.29) is 0 Å². The van der Waals surface area contributed by atoms with Crippen LogP contribution in [0.15, 0.2) is 17.0 Å². The van der Waals surface area contributed by atoms with E-state index in [9.17, 15) is 4.79 Å². The second-order valence-corrected chi connectivity index (χ2v) is 18.6. The molecule has 0 unspecified atom stereocenters. The molecule has 3 aromatic rings. The Hall–Kier alpha value is -2.57. The van der Waals surface area contributed by atoms with Crippen molar-refractivity contribution in [2.45, 2.75) is 84.1 Å². The zero-order chi connectivity index (χ0) is 28.5. The van der Waals surface area contributed by atoms with E-state index in [0.29, 0.717) is 43.0 Å². The number of aromatic nitrogens is 5. The third-order valence-electron chi connectivity index (χ3n) is 6.38. The molecule has 1 aliphatic carbocycles. The number of methoxy groups -OCH3 is 1. The smallest absolute Gasteiger partial charge is 0.410 e. The maximum Gasteiger partial charge on any atom is 0.410 e. The number of halogens is 1. The third kappa shape index (κ3) is 7.15.